The van der Waals surface area contributed by atoms with Crippen LogP contribution in [0.3, 0.4) is 0 Å². The van der Waals surface area contributed by atoms with Crippen LogP contribution in [0.2, 0.25) is 0 Å². The van der Waals surface area contributed by atoms with Crippen molar-refractivity contribution < 1.29 is 4.79 Å². The number of nitrogens with two attached hydrogens (primary N) is 1. The highest BCUT2D eigenvalue weighted by Gasteiger charge is 2.38. The molecule has 1 atom stereocenters. The lowest BCUT2D eigenvalue weighted by Crippen LogP contribution is -2.55. The zero-order valence-electron chi connectivity index (χ0n) is 11.7. The molecule has 0 aromatic heterocycles. The standard InChI is InChI=1S/C14H27N3O/c1-3-9-17(12-6-7-12)10-8-14(2,13(15)18)16-11-4-5-11/h11-12,16H,3-10H2,1-2H3,(H2,15,18). The summed E-state index contributed by atoms with van der Waals surface area (Å²) in [5.41, 5.74) is 5.05. The van der Waals surface area contributed by atoms with Crippen molar-refractivity contribution in [1.29, 1.82) is 0 Å². The van der Waals surface area contributed by atoms with E-state index in [-0.39, 0.29) is 5.91 Å². The van der Waals surface area contributed by atoms with E-state index < -0.39 is 5.54 Å². The summed E-state index contributed by atoms with van der Waals surface area (Å²) >= 11 is 0. The lowest BCUT2D eigenvalue weighted by atomic mass is 9.96. The third-order valence-electron chi connectivity index (χ3n) is 4.12. The molecule has 0 bridgehead atoms. The molecule has 0 heterocycles. The van der Waals surface area contributed by atoms with Crippen molar-refractivity contribution >= 4 is 5.91 Å². The van der Waals surface area contributed by atoms with Gasteiger partial charge in [0.2, 0.25) is 5.91 Å². The SMILES string of the molecule is CCCN(CCC(C)(NC1CC1)C(N)=O)C1CC1. The van der Waals surface area contributed by atoms with E-state index in [0.29, 0.717) is 6.04 Å². The summed E-state index contributed by atoms with van der Waals surface area (Å²) in [6.45, 7) is 6.30. The van der Waals surface area contributed by atoms with Gasteiger partial charge in [-0.3, -0.25) is 4.79 Å². The Morgan fingerprint density at radius 1 is 1.33 bits per heavy atom. The molecule has 2 rings (SSSR count). The molecule has 3 N–H and O–H groups in total. The minimum atomic E-state index is -0.526. The van der Waals surface area contributed by atoms with Gasteiger partial charge in [-0.2, -0.15) is 0 Å². The average molecular weight is 253 g/mol. The van der Waals surface area contributed by atoms with Crippen LogP contribution in [0, 0.1) is 0 Å². The van der Waals surface area contributed by atoms with Gasteiger partial charge in [-0.1, -0.05) is 6.92 Å². The van der Waals surface area contributed by atoms with Crippen LogP contribution in [0.4, 0.5) is 0 Å². The molecule has 4 heteroatoms. The summed E-state index contributed by atoms with van der Waals surface area (Å²) in [5.74, 6) is -0.207. The Morgan fingerprint density at radius 3 is 2.44 bits per heavy atom. The van der Waals surface area contributed by atoms with Crippen molar-refractivity contribution in [2.75, 3.05) is 13.1 Å². The normalized spacial score (nSPS) is 23.1. The van der Waals surface area contributed by atoms with Gasteiger partial charge in [0, 0.05) is 18.6 Å². The largest absolute Gasteiger partial charge is 0.368 e. The van der Waals surface area contributed by atoms with Crippen molar-refractivity contribution in [3.05, 3.63) is 0 Å². The molecule has 2 saturated carbocycles. The van der Waals surface area contributed by atoms with E-state index in [2.05, 4.69) is 17.1 Å². The second-order valence-corrected chi connectivity index (χ2v) is 6.13. The maximum atomic E-state index is 11.7. The zero-order valence-corrected chi connectivity index (χ0v) is 11.7. The molecule has 4 nitrogen and oxygen atoms in total. The highest BCUT2D eigenvalue weighted by Crippen LogP contribution is 2.29. The average Bonchev–Trinajstić information content (AvgIpc) is 3.15. The fourth-order valence-electron chi connectivity index (χ4n) is 2.52. The lowest BCUT2D eigenvalue weighted by Gasteiger charge is -2.31. The molecule has 0 aromatic rings. The number of carbonyl (C=O) groups is 1. The maximum Gasteiger partial charge on any atom is 0.237 e. The van der Waals surface area contributed by atoms with Crippen molar-refractivity contribution in [2.24, 2.45) is 5.73 Å². The third-order valence-corrected chi connectivity index (χ3v) is 4.12. The van der Waals surface area contributed by atoms with Crippen LogP contribution in [0.1, 0.15) is 52.4 Å². The van der Waals surface area contributed by atoms with Crippen LogP contribution in [-0.4, -0.2) is 41.5 Å². The number of hydrogen-bond donors (Lipinski definition) is 2. The first-order valence-electron chi connectivity index (χ1n) is 7.37. The monoisotopic (exact) mass is 253 g/mol. The Labute approximate surface area is 110 Å². The maximum absolute atomic E-state index is 11.7. The molecular weight excluding hydrogens is 226 g/mol. The van der Waals surface area contributed by atoms with E-state index >= 15 is 0 Å². The number of amides is 1. The van der Waals surface area contributed by atoms with Gasteiger partial charge in [0.05, 0.1) is 5.54 Å². The van der Waals surface area contributed by atoms with Crippen LogP contribution in [0.15, 0.2) is 0 Å². The second kappa shape index (κ2) is 5.57. The van der Waals surface area contributed by atoms with Crippen molar-refractivity contribution in [1.82, 2.24) is 10.2 Å². The van der Waals surface area contributed by atoms with E-state index in [1.54, 1.807) is 0 Å². The summed E-state index contributed by atoms with van der Waals surface area (Å²) in [6, 6.07) is 1.28. The van der Waals surface area contributed by atoms with Crippen LogP contribution in [-0.2, 0) is 4.79 Å². The van der Waals surface area contributed by atoms with Crippen LogP contribution < -0.4 is 11.1 Å². The Morgan fingerprint density at radius 2 is 2.00 bits per heavy atom. The Hall–Kier alpha value is -0.610. The van der Waals surface area contributed by atoms with Gasteiger partial charge in [0.25, 0.3) is 0 Å². The van der Waals surface area contributed by atoms with E-state index in [1.165, 1.54) is 32.1 Å². The van der Waals surface area contributed by atoms with Crippen molar-refractivity contribution in [3.8, 4) is 0 Å². The predicted molar refractivity (Wildman–Crippen MR) is 73.3 cm³/mol. The first-order chi connectivity index (χ1) is 8.55. The molecule has 1 unspecified atom stereocenters. The summed E-state index contributed by atoms with van der Waals surface area (Å²) in [7, 11) is 0. The molecule has 1 amide bonds. The number of primary amides is 1. The third kappa shape index (κ3) is 3.69. The van der Waals surface area contributed by atoms with Gasteiger partial charge in [0.1, 0.15) is 0 Å². The minimum Gasteiger partial charge on any atom is -0.368 e. The molecule has 2 aliphatic rings. The van der Waals surface area contributed by atoms with Gasteiger partial charge < -0.3 is 16.0 Å². The quantitative estimate of drug-likeness (QED) is 0.650. The van der Waals surface area contributed by atoms with E-state index in [1.807, 2.05) is 6.92 Å². The Bertz CT molecular complexity index is 299. The van der Waals surface area contributed by atoms with E-state index in [0.717, 1.165) is 25.6 Å². The summed E-state index contributed by atoms with van der Waals surface area (Å²) < 4.78 is 0. The molecule has 0 aromatic carbocycles. The van der Waals surface area contributed by atoms with Crippen LogP contribution in [0.25, 0.3) is 0 Å². The summed E-state index contributed by atoms with van der Waals surface area (Å²) in [5, 5.41) is 3.42. The van der Waals surface area contributed by atoms with Crippen molar-refractivity contribution in [3.63, 3.8) is 0 Å². The highest BCUT2D eigenvalue weighted by molar-refractivity contribution is 5.84. The number of nitrogens with zero attached hydrogens (tertiary/aromatic N) is 1. The van der Waals surface area contributed by atoms with Gasteiger partial charge in [-0.15, -0.1) is 0 Å². The Balaban J connectivity index is 1.84. The minimum absolute atomic E-state index is 0.207. The molecular formula is C14H27N3O. The highest BCUT2D eigenvalue weighted by atomic mass is 16.1. The first kappa shape index (κ1) is 13.8. The Kier molecular flexibility index (Phi) is 4.28. The van der Waals surface area contributed by atoms with Gasteiger partial charge in [0.15, 0.2) is 0 Å². The fraction of sp³-hybridized carbons (Fsp3) is 0.929. The van der Waals surface area contributed by atoms with Crippen molar-refractivity contribution in [2.45, 2.75) is 70.0 Å². The van der Waals surface area contributed by atoms with Gasteiger partial charge in [-0.05, 0) is 52.0 Å². The zero-order chi connectivity index (χ0) is 13.2. The smallest absolute Gasteiger partial charge is 0.237 e. The molecule has 2 aliphatic carbocycles. The molecule has 0 radical (unpaired) electrons. The number of hydrogen-bond acceptors (Lipinski definition) is 3. The van der Waals surface area contributed by atoms with Crippen LogP contribution in [0.5, 0.6) is 0 Å². The topological polar surface area (TPSA) is 58.4 Å². The second-order valence-electron chi connectivity index (χ2n) is 6.13. The number of rotatable bonds is 9. The van der Waals surface area contributed by atoms with Crippen LogP contribution >= 0.6 is 0 Å². The predicted octanol–water partition coefficient (Wildman–Crippen LogP) is 1.25. The molecule has 0 spiro atoms. The molecule has 2 fully saturated rings. The van der Waals surface area contributed by atoms with Gasteiger partial charge in [-0.25, -0.2) is 0 Å². The van der Waals surface area contributed by atoms with E-state index in [9.17, 15) is 4.79 Å². The number of nitrogens with one attached hydrogen (secondary N) is 1. The molecule has 0 aliphatic heterocycles. The molecule has 0 saturated heterocycles. The first-order valence-corrected chi connectivity index (χ1v) is 7.37. The molecule has 104 valence electrons. The fourth-order valence-corrected chi connectivity index (χ4v) is 2.52. The summed E-state index contributed by atoms with van der Waals surface area (Å²) in [6.07, 6.45) is 7.02. The molecule has 18 heavy (non-hydrogen) atoms. The lowest BCUT2D eigenvalue weighted by molar-refractivity contribution is -0.124. The van der Waals surface area contributed by atoms with E-state index in [4.69, 9.17) is 5.73 Å². The number of carbonyl (C=O) groups excluding carboxylic acids is 1. The summed E-state index contributed by atoms with van der Waals surface area (Å²) in [4.78, 5) is 14.2. The van der Waals surface area contributed by atoms with Gasteiger partial charge >= 0.3 is 0 Å².